The minimum absolute atomic E-state index is 0.380. The summed E-state index contributed by atoms with van der Waals surface area (Å²) in [5, 5.41) is 7.78. The Hall–Kier alpha value is -0.900. The average molecular weight is 166 g/mol. The molecule has 0 saturated heterocycles. The molecular weight excluding hydrogens is 152 g/mol. The normalized spacial score (nSPS) is 29.5. The fourth-order valence-electron chi connectivity index (χ4n) is 1.95. The van der Waals surface area contributed by atoms with E-state index in [1.54, 1.807) is 0 Å². The van der Waals surface area contributed by atoms with Crippen molar-refractivity contribution in [2.24, 2.45) is 12.8 Å². The maximum atomic E-state index is 5.83. The maximum absolute atomic E-state index is 5.83. The summed E-state index contributed by atoms with van der Waals surface area (Å²) in [5.74, 6) is 0.583. The van der Waals surface area contributed by atoms with Crippen LogP contribution in [0.5, 0.6) is 0 Å². The molecule has 0 aromatic carbocycles. The fourth-order valence-corrected chi connectivity index (χ4v) is 1.95. The highest BCUT2D eigenvalue weighted by Gasteiger charge is 2.25. The van der Waals surface area contributed by atoms with Crippen LogP contribution in [-0.2, 0) is 7.05 Å². The minimum atomic E-state index is 0.380. The monoisotopic (exact) mass is 166 g/mol. The van der Waals surface area contributed by atoms with Crippen LogP contribution in [0, 0.1) is 0 Å². The topological polar surface area (TPSA) is 56.7 Å². The minimum Gasteiger partial charge on any atom is -0.328 e. The Morgan fingerprint density at radius 2 is 2.42 bits per heavy atom. The molecule has 1 saturated carbocycles. The van der Waals surface area contributed by atoms with Gasteiger partial charge >= 0.3 is 0 Å². The van der Waals surface area contributed by atoms with E-state index < -0.39 is 0 Å². The van der Waals surface area contributed by atoms with Gasteiger partial charge in [-0.05, 0) is 19.3 Å². The Bertz CT molecular complexity index is 268. The largest absolute Gasteiger partial charge is 0.328 e. The molecule has 0 amide bonds. The SMILES string of the molecule is Cn1nncc1C1CCC(N)C1. The van der Waals surface area contributed by atoms with Gasteiger partial charge in [0.05, 0.1) is 11.9 Å². The van der Waals surface area contributed by atoms with Gasteiger partial charge in [0.1, 0.15) is 0 Å². The molecule has 1 aliphatic carbocycles. The van der Waals surface area contributed by atoms with Crippen LogP contribution < -0.4 is 5.73 Å². The Kier molecular flexibility index (Phi) is 1.84. The van der Waals surface area contributed by atoms with Gasteiger partial charge in [-0.3, -0.25) is 4.68 Å². The maximum Gasteiger partial charge on any atom is 0.0727 e. The lowest BCUT2D eigenvalue weighted by Crippen LogP contribution is -2.15. The molecule has 2 N–H and O–H groups in total. The van der Waals surface area contributed by atoms with E-state index in [2.05, 4.69) is 10.3 Å². The summed E-state index contributed by atoms with van der Waals surface area (Å²) in [4.78, 5) is 0. The molecule has 0 spiro atoms. The highest BCUT2D eigenvalue weighted by Crippen LogP contribution is 2.32. The van der Waals surface area contributed by atoms with Gasteiger partial charge in [-0.2, -0.15) is 0 Å². The summed E-state index contributed by atoms with van der Waals surface area (Å²) >= 11 is 0. The molecular formula is C8H14N4. The van der Waals surface area contributed by atoms with Crippen molar-refractivity contribution in [1.29, 1.82) is 0 Å². The van der Waals surface area contributed by atoms with Crippen molar-refractivity contribution in [2.45, 2.75) is 31.2 Å². The van der Waals surface area contributed by atoms with Crippen molar-refractivity contribution in [3.63, 3.8) is 0 Å². The van der Waals surface area contributed by atoms with Crippen molar-refractivity contribution in [3.05, 3.63) is 11.9 Å². The number of hydrogen-bond donors (Lipinski definition) is 1. The summed E-state index contributed by atoms with van der Waals surface area (Å²) < 4.78 is 1.85. The van der Waals surface area contributed by atoms with Crippen LogP contribution in [0.4, 0.5) is 0 Å². The molecule has 1 aliphatic rings. The van der Waals surface area contributed by atoms with Crippen molar-refractivity contribution in [2.75, 3.05) is 0 Å². The van der Waals surface area contributed by atoms with Crippen LogP contribution in [-0.4, -0.2) is 21.0 Å². The van der Waals surface area contributed by atoms with Gasteiger partial charge in [0.2, 0.25) is 0 Å². The Labute approximate surface area is 71.8 Å². The van der Waals surface area contributed by atoms with Gasteiger partial charge in [-0.25, -0.2) is 0 Å². The first-order valence-corrected chi connectivity index (χ1v) is 4.37. The Morgan fingerprint density at radius 1 is 1.58 bits per heavy atom. The molecule has 4 heteroatoms. The number of nitrogens with zero attached hydrogens (tertiary/aromatic N) is 3. The van der Waals surface area contributed by atoms with Crippen LogP contribution in [0.15, 0.2) is 6.20 Å². The molecule has 2 rings (SSSR count). The Morgan fingerprint density at radius 3 is 2.92 bits per heavy atom. The smallest absolute Gasteiger partial charge is 0.0727 e. The van der Waals surface area contributed by atoms with E-state index in [-0.39, 0.29) is 0 Å². The standard InChI is InChI=1S/C8H14N4/c1-12-8(5-10-11-12)6-2-3-7(9)4-6/h5-7H,2-4,9H2,1H3. The van der Waals surface area contributed by atoms with Crippen molar-refractivity contribution < 1.29 is 0 Å². The van der Waals surface area contributed by atoms with Gasteiger partial charge in [-0.15, -0.1) is 5.10 Å². The zero-order valence-electron chi connectivity index (χ0n) is 7.27. The van der Waals surface area contributed by atoms with Crippen molar-refractivity contribution in [1.82, 2.24) is 15.0 Å². The molecule has 0 bridgehead atoms. The molecule has 2 atom stereocenters. The molecule has 1 aromatic heterocycles. The molecule has 2 unspecified atom stereocenters. The van der Waals surface area contributed by atoms with Crippen LogP contribution in [0.2, 0.25) is 0 Å². The van der Waals surface area contributed by atoms with Crippen LogP contribution in [0.1, 0.15) is 30.9 Å². The lowest BCUT2D eigenvalue weighted by Gasteiger charge is -2.07. The quantitative estimate of drug-likeness (QED) is 0.657. The number of nitrogens with two attached hydrogens (primary N) is 1. The molecule has 1 aromatic rings. The fraction of sp³-hybridized carbons (Fsp3) is 0.750. The second-order valence-electron chi connectivity index (χ2n) is 3.55. The third kappa shape index (κ3) is 1.22. The van der Waals surface area contributed by atoms with Gasteiger partial charge in [0.25, 0.3) is 0 Å². The third-order valence-electron chi connectivity index (χ3n) is 2.64. The lowest BCUT2D eigenvalue weighted by atomic mass is 10.0. The summed E-state index contributed by atoms with van der Waals surface area (Å²) in [6.45, 7) is 0. The zero-order chi connectivity index (χ0) is 8.55. The van der Waals surface area contributed by atoms with E-state index in [0.717, 1.165) is 12.8 Å². The molecule has 1 fully saturated rings. The van der Waals surface area contributed by atoms with Crippen molar-refractivity contribution >= 4 is 0 Å². The molecule has 66 valence electrons. The summed E-state index contributed by atoms with van der Waals surface area (Å²) in [7, 11) is 1.94. The lowest BCUT2D eigenvalue weighted by molar-refractivity contribution is 0.598. The number of hydrogen-bond acceptors (Lipinski definition) is 3. The average Bonchev–Trinajstić information content (AvgIpc) is 2.58. The zero-order valence-corrected chi connectivity index (χ0v) is 7.27. The predicted octanol–water partition coefficient (Wildman–Crippen LogP) is 0.410. The first-order valence-electron chi connectivity index (χ1n) is 4.37. The summed E-state index contributed by atoms with van der Waals surface area (Å²) in [6.07, 6.45) is 5.25. The van der Waals surface area contributed by atoms with E-state index in [1.165, 1.54) is 12.1 Å². The highest BCUT2D eigenvalue weighted by molar-refractivity contribution is 5.06. The summed E-state index contributed by atoms with van der Waals surface area (Å²) in [5.41, 5.74) is 7.06. The molecule has 0 aliphatic heterocycles. The van der Waals surface area contributed by atoms with Crippen molar-refractivity contribution in [3.8, 4) is 0 Å². The second kappa shape index (κ2) is 2.86. The highest BCUT2D eigenvalue weighted by atomic mass is 15.4. The van der Waals surface area contributed by atoms with Crippen LogP contribution in [0.25, 0.3) is 0 Å². The first kappa shape index (κ1) is 7.73. The van der Waals surface area contributed by atoms with E-state index in [0.29, 0.717) is 12.0 Å². The van der Waals surface area contributed by atoms with E-state index in [1.807, 2.05) is 17.9 Å². The number of aryl methyl sites for hydroxylation is 1. The second-order valence-corrected chi connectivity index (χ2v) is 3.55. The van der Waals surface area contributed by atoms with Crippen LogP contribution >= 0.6 is 0 Å². The predicted molar refractivity (Wildman–Crippen MR) is 45.6 cm³/mol. The van der Waals surface area contributed by atoms with E-state index >= 15 is 0 Å². The van der Waals surface area contributed by atoms with Crippen LogP contribution in [0.3, 0.4) is 0 Å². The van der Waals surface area contributed by atoms with E-state index in [9.17, 15) is 0 Å². The Balaban J connectivity index is 2.16. The molecule has 4 nitrogen and oxygen atoms in total. The van der Waals surface area contributed by atoms with E-state index in [4.69, 9.17) is 5.73 Å². The number of aromatic nitrogens is 3. The number of rotatable bonds is 1. The molecule has 1 heterocycles. The molecule has 12 heavy (non-hydrogen) atoms. The third-order valence-corrected chi connectivity index (χ3v) is 2.64. The molecule has 0 radical (unpaired) electrons. The summed E-state index contributed by atoms with van der Waals surface area (Å²) in [6, 6.07) is 0.380. The van der Waals surface area contributed by atoms with Gasteiger partial charge in [0.15, 0.2) is 0 Å². The van der Waals surface area contributed by atoms with Gasteiger partial charge in [-0.1, -0.05) is 5.21 Å². The first-order chi connectivity index (χ1) is 5.77. The van der Waals surface area contributed by atoms with Gasteiger partial charge < -0.3 is 5.73 Å². The van der Waals surface area contributed by atoms with Gasteiger partial charge in [0, 0.05) is 19.0 Å².